The van der Waals surface area contributed by atoms with Gasteiger partial charge >= 0.3 is 0 Å². The van der Waals surface area contributed by atoms with Crippen molar-refractivity contribution in [1.82, 2.24) is 0 Å². The lowest BCUT2D eigenvalue weighted by Crippen LogP contribution is -2.05. The fraction of sp³-hybridized carbons (Fsp3) is 0. The molecule has 0 radical (unpaired) electrons. The molecule has 0 saturated heterocycles. The van der Waals surface area contributed by atoms with Crippen molar-refractivity contribution in [3.05, 3.63) is 67.6 Å². The predicted molar refractivity (Wildman–Crippen MR) is 83.3 cm³/mol. The maximum atomic E-state index is 12.9. The van der Waals surface area contributed by atoms with Gasteiger partial charge in [0.1, 0.15) is 12.1 Å². The second-order valence-electron chi connectivity index (χ2n) is 4.25. The zero-order chi connectivity index (χ0) is 14.3. The third-order valence-corrected chi connectivity index (χ3v) is 3.99. The van der Waals surface area contributed by atoms with Gasteiger partial charge in [-0.2, -0.15) is 0 Å². The Hall–Kier alpha value is -1.46. The van der Waals surface area contributed by atoms with E-state index >= 15 is 0 Å². The van der Waals surface area contributed by atoms with Crippen LogP contribution in [0.4, 0.5) is 4.39 Å². The number of benzene rings is 2. The van der Waals surface area contributed by atoms with E-state index in [1.165, 1.54) is 18.4 Å². The van der Waals surface area contributed by atoms with Gasteiger partial charge in [-0.1, -0.05) is 28.1 Å². The monoisotopic (exact) mass is 396 g/mol. The van der Waals surface area contributed by atoms with Crippen molar-refractivity contribution in [3.63, 3.8) is 0 Å². The van der Waals surface area contributed by atoms with E-state index in [1.54, 1.807) is 18.2 Å². The highest BCUT2D eigenvalue weighted by atomic mass is 79.9. The number of hydrogen-bond acceptors (Lipinski definition) is 2. The third-order valence-electron chi connectivity index (χ3n) is 2.95. The van der Waals surface area contributed by atoms with Crippen molar-refractivity contribution in [3.8, 4) is 11.1 Å². The van der Waals surface area contributed by atoms with Crippen LogP contribution in [-0.4, -0.2) is 0 Å². The SMILES string of the molecule is O=c1c(-c2ccc(F)cc2)coc2c(Br)cc(Br)cc12. The summed E-state index contributed by atoms with van der Waals surface area (Å²) in [4.78, 5) is 12.5. The van der Waals surface area contributed by atoms with Crippen LogP contribution in [0.2, 0.25) is 0 Å². The van der Waals surface area contributed by atoms with Crippen LogP contribution in [-0.2, 0) is 0 Å². The molecule has 0 aliphatic heterocycles. The van der Waals surface area contributed by atoms with Gasteiger partial charge in [0.2, 0.25) is 5.43 Å². The fourth-order valence-corrected chi connectivity index (χ4v) is 3.31. The topological polar surface area (TPSA) is 30.2 Å². The van der Waals surface area contributed by atoms with E-state index in [0.717, 1.165) is 4.47 Å². The summed E-state index contributed by atoms with van der Waals surface area (Å²) in [6, 6.07) is 9.26. The molecule has 2 nitrogen and oxygen atoms in total. The van der Waals surface area contributed by atoms with E-state index in [0.29, 0.717) is 26.6 Å². The quantitative estimate of drug-likeness (QED) is 0.570. The molecule has 0 amide bonds. The molecule has 0 atom stereocenters. The fourth-order valence-electron chi connectivity index (χ4n) is 1.99. The molecule has 100 valence electrons. The molecule has 20 heavy (non-hydrogen) atoms. The molecule has 2 aromatic carbocycles. The molecule has 3 rings (SSSR count). The molecule has 0 aliphatic rings. The lowest BCUT2D eigenvalue weighted by molar-refractivity contribution is 0.602. The average molecular weight is 398 g/mol. The first-order valence-corrected chi connectivity index (χ1v) is 7.31. The number of halogens is 3. The van der Waals surface area contributed by atoms with Crippen molar-refractivity contribution in [2.24, 2.45) is 0 Å². The highest BCUT2D eigenvalue weighted by Crippen LogP contribution is 2.28. The standard InChI is InChI=1S/C15H7Br2FO2/c16-9-5-11-14(19)12(7-20-15(11)13(17)6-9)8-1-3-10(18)4-2-8/h1-7H. The Bertz CT molecular complexity index is 854. The van der Waals surface area contributed by atoms with Crippen molar-refractivity contribution >= 4 is 42.8 Å². The zero-order valence-corrected chi connectivity index (χ0v) is 13.2. The van der Waals surface area contributed by atoms with Crippen molar-refractivity contribution in [1.29, 1.82) is 0 Å². The first kappa shape index (κ1) is 13.5. The van der Waals surface area contributed by atoms with Crippen LogP contribution in [0, 0.1) is 5.82 Å². The van der Waals surface area contributed by atoms with Gasteiger partial charge in [0.05, 0.1) is 15.4 Å². The van der Waals surface area contributed by atoms with E-state index in [-0.39, 0.29) is 11.2 Å². The maximum Gasteiger partial charge on any atom is 0.200 e. The summed E-state index contributed by atoms with van der Waals surface area (Å²) in [7, 11) is 0. The van der Waals surface area contributed by atoms with Crippen LogP contribution in [0.15, 0.2) is 60.8 Å². The summed E-state index contributed by atoms with van der Waals surface area (Å²) in [6.45, 7) is 0. The van der Waals surface area contributed by atoms with E-state index in [9.17, 15) is 9.18 Å². The molecule has 1 aromatic heterocycles. The maximum absolute atomic E-state index is 12.9. The van der Waals surface area contributed by atoms with E-state index in [4.69, 9.17) is 4.42 Å². The van der Waals surface area contributed by atoms with E-state index in [1.807, 2.05) is 6.07 Å². The zero-order valence-electron chi connectivity index (χ0n) is 9.99. The minimum atomic E-state index is -0.343. The summed E-state index contributed by atoms with van der Waals surface area (Å²) in [6.07, 6.45) is 1.40. The van der Waals surface area contributed by atoms with Gasteiger partial charge < -0.3 is 4.42 Å². The van der Waals surface area contributed by atoms with Crippen LogP contribution in [0.1, 0.15) is 0 Å². The van der Waals surface area contributed by atoms with Crippen LogP contribution >= 0.6 is 31.9 Å². The van der Waals surface area contributed by atoms with Gasteiger partial charge in [-0.3, -0.25) is 4.79 Å². The summed E-state index contributed by atoms with van der Waals surface area (Å²) in [5, 5.41) is 0.466. The lowest BCUT2D eigenvalue weighted by Gasteiger charge is -2.04. The van der Waals surface area contributed by atoms with Gasteiger partial charge in [0.25, 0.3) is 0 Å². The van der Waals surface area contributed by atoms with Crippen LogP contribution in [0.5, 0.6) is 0 Å². The molecule has 0 spiro atoms. The molecule has 0 N–H and O–H groups in total. The minimum Gasteiger partial charge on any atom is -0.462 e. The molecule has 0 bridgehead atoms. The Morgan fingerprint density at radius 3 is 2.45 bits per heavy atom. The van der Waals surface area contributed by atoms with Crippen LogP contribution < -0.4 is 5.43 Å². The average Bonchev–Trinajstić information content (AvgIpc) is 2.41. The first-order valence-electron chi connectivity index (χ1n) is 5.73. The number of rotatable bonds is 1. The Morgan fingerprint density at radius 2 is 1.75 bits per heavy atom. The Labute approximate surface area is 130 Å². The first-order chi connectivity index (χ1) is 9.56. The molecule has 3 aromatic rings. The smallest absolute Gasteiger partial charge is 0.200 e. The molecular weight excluding hydrogens is 391 g/mol. The molecular formula is C15H7Br2FO2. The Morgan fingerprint density at radius 1 is 1.05 bits per heavy atom. The molecule has 0 saturated carbocycles. The molecule has 0 fully saturated rings. The summed E-state index contributed by atoms with van der Waals surface area (Å²) < 4.78 is 20.0. The summed E-state index contributed by atoms with van der Waals surface area (Å²) >= 11 is 6.71. The molecule has 0 unspecified atom stereocenters. The second-order valence-corrected chi connectivity index (χ2v) is 6.02. The van der Waals surface area contributed by atoms with Gasteiger partial charge in [0.15, 0.2) is 5.58 Å². The molecule has 1 heterocycles. The number of hydrogen-bond donors (Lipinski definition) is 0. The Balaban J connectivity index is 2.31. The summed E-state index contributed by atoms with van der Waals surface area (Å²) in [5.41, 5.74) is 1.37. The predicted octanol–water partition coefficient (Wildman–Crippen LogP) is 5.12. The Kier molecular flexibility index (Phi) is 3.48. The molecule has 0 aliphatic carbocycles. The largest absolute Gasteiger partial charge is 0.462 e. The van der Waals surface area contributed by atoms with Gasteiger partial charge in [-0.05, 0) is 45.8 Å². The lowest BCUT2D eigenvalue weighted by atomic mass is 10.1. The van der Waals surface area contributed by atoms with Gasteiger partial charge in [-0.15, -0.1) is 0 Å². The van der Waals surface area contributed by atoms with Crippen molar-refractivity contribution < 1.29 is 8.81 Å². The minimum absolute atomic E-state index is 0.153. The van der Waals surface area contributed by atoms with Crippen molar-refractivity contribution in [2.75, 3.05) is 0 Å². The van der Waals surface area contributed by atoms with Gasteiger partial charge in [0, 0.05) is 4.47 Å². The second kappa shape index (κ2) is 5.14. The third kappa shape index (κ3) is 2.31. The molecule has 5 heteroatoms. The van der Waals surface area contributed by atoms with E-state index in [2.05, 4.69) is 31.9 Å². The number of fused-ring (bicyclic) bond motifs is 1. The van der Waals surface area contributed by atoms with Crippen LogP contribution in [0.25, 0.3) is 22.1 Å². The normalized spacial score (nSPS) is 10.9. The highest BCUT2D eigenvalue weighted by Gasteiger charge is 2.12. The van der Waals surface area contributed by atoms with E-state index < -0.39 is 0 Å². The van der Waals surface area contributed by atoms with Crippen molar-refractivity contribution in [2.45, 2.75) is 0 Å². The summed E-state index contributed by atoms with van der Waals surface area (Å²) in [5.74, 6) is -0.343. The van der Waals surface area contributed by atoms with Gasteiger partial charge in [-0.25, -0.2) is 4.39 Å². The van der Waals surface area contributed by atoms with Crippen LogP contribution in [0.3, 0.4) is 0 Å². The highest BCUT2D eigenvalue weighted by molar-refractivity contribution is 9.11.